The number of hydrogen-bond acceptors (Lipinski definition) is 5. The number of benzene rings is 1. The average Bonchev–Trinajstić information content (AvgIpc) is 2.98. The Labute approximate surface area is 123 Å². The molecule has 0 aliphatic carbocycles. The zero-order valence-electron chi connectivity index (χ0n) is 11.0. The molecule has 2 aromatic heterocycles. The highest BCUT2D eigenvalue weighted by Crippen LogP contribution is 2.11. The van der Waals surface area contributed by atoms with E-state index >= 15 is 0 Å². The summed E-state index contributed by atoms with van der Waals surface area (Å²) < 4.78 is 0. The number of H-pyrrole nitrogens is 1. The topological polar surface area (TPSA) is 87.7 Å². The number of carbonyl (C=O) groups is 1. The van der Waals surface area contributed by atoms with Crippen LogP contribution in [0.15, 0.2) is 40.6 Å². The zero-order valence-corrected chi connectivity index (χ0v) is 11.8. The van der Waals surface area contributed by atoms with Crippen LogP contribution in [0.1, 0.15) is 12.1 Å². The molecule has 1 amide bonds. The van der Waals surface area contributed by atoms with Crippen molar-refractivity contribution in [3.8, 4) is 0 Å². The van der Waals surface area contributed by atoms with E-state index in [9.17, 15) is 9.59 Å². The second-order valence-corrected chi connectivity index (χ2v) is 5.31. The normalized spacial score (nSPS) is 10.7. The molecule has 0 fully saturated rings. The number of amides is 1. The van der Waals surface area contributed by atoms with Crippen molar-refractivity contribution in [2.75, 3.05) is 5.32 Å². The van der Waals surface area contributed by atoms with Gasteiger partial charge in [-0.05, 0) is 12.1 Å². The minimum absolute atomic E-state index is 0.181. The number of nitrogens with one attached hydrogen (secondary N) is 2. The number of thiazole rings is 1. The molecule has 6 nitrogen and oxygen atoms in total. The van der Waals surface area contributed by atoms with Crippen LogP contribution in [0, 0.1) is 0 Å². The summed E-state index contributed by atoms with van der Waals surface area (Å²) in [4.78, 5) is 34.7. The second kappa shape index (κ2) is 5.84. The second-order valence-electron chi connectivity index (χ2n) is 4.42. The maximum Gasteiger partial charge on any atom is 0.270 e. The van der Waals surface area contributed by atoms with Gasteiger partial charge >= 0.3 is 0 Å². The van der Waals surface area contributed by atoms with Crippen LogP contribution in [0.4, 0.5) is 5.13 Å². The number of carbonyl (C=O) groups excluding carboxylic acids is 1. The molecular formula is C14H12N4O2S. The van der Waals surface area contributed by atoms with E-state index in [1.807, 2.05) is 18.2 Å². The van der Waals surface area contributed by atoms with Crippen molar-refractivity contribution in [1.29, 1.82) is 0 Å². The molecule has 7 heteroatoms. The quantitative estimate of drug-likeness (QED) is 0.771. The number of rotatable bonds is 4. The first-order valence-corrected chi connectivity index (χ1v) is 7.27. The fourth-order valence-corrected chi connectivity index (χ4v) is 2.48. The molecule has 0 aliphatic heterocycles. The molecule has 0 unspecified atom stereocenters. The highest BCUT2D eigenvalue weighted by molar-refractivity contribution is 7.13. The lowest BCUT2D eigenvalue weighted by Crippen LogP contribution is -2.18. The van der Waals surface area contributed by atoms with Crippen LogP contribution in [0.5, 0.6) is 0 Å². The summed E-state index contributed by atoms with van der Waals surface area (Å²) >= 11 is 1.35. The molecule has 2 heterocycles. The van der Waals surface area contributed by atoms with Gasteiger partial charge in [0.1, 0.15) is 5.69 Å². The molecule has 21 heavy (non-hydrogen) atoms. The summed E-state index contributed by atoms with van der Waals surface area (Å²) in [5, 5.41) is 5.02. The molecule has 1 aromatic carbocycles. The third kappa shape index (κ3) is 3.14. The molecule has 0 radical (unpaired) electrons. The number of aromatic amines is 1. The van der Waals surface area contributed by atoms with Crippen LogP contribution < -0.4 is 10.9 Å². The van der Waals surface area contributed by atoms with Crippen LogP contribution >= 0.6 is 11.3 Å². The van der Waals surface area contributed by atoms with Crippen LogP contribution in [-0.4, -0.2) is 20.9 Å². The standard InChI is InChI=1S/C14H12N4O2S/c19-12(18-14-15-7-8-21-14)6-5-11-13(20)17-10-4-2-1-3-9(10)16-11/h1-4,7-8H,5-6H2,(H,17,20)(H,15,18,19). The smallest absolute Gasteiger partial charge is 0.270 e. The Morgan fingerprint density at radius 2 is 2.19 bits per heavy atom. The number of anilines is 1. The van der Waals surface area contributed by atoms with E-state index in [0.29, 0.717) is 21.9 Å². The lowest BCUT2D eigenvalue weighted by atomic mass is 10.2. The van der Waals surface area contributed by atoms with Crippen molar-refractivity contribution in [3.63, 3.8) is 0 Å². The molecule has 3 rings (SSSR count). The van der Waals surface area contributed by atoms with E-state index in [0.717, 1.165) is 0 Å². The maximum absolute atomic E-state index is 11.9. The molecule has 2 N–H and O–H groups in total. The summed E-state index contributed by atoms with van der Waals surface area (Å²) in [5.74, 6) is -0.181. The molecular weight excluding hydrogens is 288 g/mol. The number of hydrogen-bond donors (Lipinski definition) is 2. The van der Waals surface area contributed by atoms with Crippen LogP contribution in [0.2, 0.25) is 0 Å². The van der Waals surface area contributed by atoms with Gasteiger partial charge in [-0.25, -0.2) is 9.97 Å². The predicted octanol–water partition coefficient (Wildman–Crippen LogP) is 1.95. The van der Waals surface area contributed by atoms with E-state index in [-0.39, 0.29) is 24.3 Å². The summed E-state index contributed by atoms with van der Waals surface area (Å²) in [6.45, 7) is 0. The maximum atomic E-state index is 11.9. The molecule has 0 aliphatic rings. The Kier molecular flexibility index (Phi) is 3.74. The van der Waals surface area contributed by atoms with Gasteiger partial charge in [-0.15, -0.1) is 11.3 Å². The molecule has 0 bridgehead atoms. The third-order valence-corrected chi connectivity index (χ3v) is 3.63. The van der Waals surface area contributed by atoms with E-state index < -0.39 is 0 Å². The van der Waals surface area contributed by atoms with E-state index in [4.69, 9.17) is 0 Å². The molecule has 0 saturated heterocycles. The summed E-state index contributed by atoms with van der Waals surface area (Å²) in [7, 11) is 0. The van der Waals surface area contributed by atoms with E-state index in [1.165, 1.54) is 11.3 Å². The predicted molar refractivity (Wildman–Crippen MR) is 81.4 cm³/mol. The van der Waals surface area contributed by atoms with Crippen molar-refractivity contribution in [2.45, 2.75) is 12.8 Å². The summed E-state index contributed by atoms with van der Waals surface area (Å²) in [6.07, 6.45) is 2.10. The van der Waals surface area contributed by atoms with Gasteiger partial charge in [0.25, 0.3) is 5.56 Å². The number of aryl methyl sites for hydroxylation is 1. The molecule has 106 valence electrons. The largest absolute Gasteiger partial charge is 0.319 e. The lowest BCUT2D eigenvalue weighted by Gasteiger charge is -2.03. The summed E-state index contributed by atoms with van der Waals surface area (Å²) in [5.41, 5.74) is 1.52. The Morgan fingerprint density at radius 3 is 3.00 bits per heavy atom. The Balaban J connectivity index is 1.71. The lowest BCUT2D eigenvalue weighted by molar-refractivity contribution is -0.116. The molecule has 0 spiro atoms. The molecule has 3 aromatic rings. The fourth-order valence-electron chi connectivity index (χ4n) is 1.94. The van der Waals surface area contributed by atoms with Gasteiger partial charge in [0.05, 0.1) is 11.0 Å². The van der Waals surface area contributed by atoms with Gasteiger partial charge in [0, 0.05) is 24.4 Å². The number of para-hydroxylation sites is 2. The molecule has 0 atom stereocenters. The monoisotopic (exact) mass is 300 g/mol. The van der Waals surface area contributed by atoms with Gasteiger partial charge in [-0.2, -0.15) is 0 Å². The number of nitrogens with zero attached hydrogens (tertiary/aromatic N) is 2. The Bertz CT molecular complexity index is 826. The van der Waals surface area contributed by atoms with Crippen molar-refractivity contribution >= 4 is 33.4 Å². The highest BCUT2D eigenvalue weighted by Gasteiger charge is 2.09. The Morgan fingerprint density at radius 1 is 1.33 bits per heavy atom. The average molecular weight is 300 g/mol. The van der Waals surface area contributed by atoms with Crippen LogP contribution in [0.3, 0.4) is 0 Å². The Hall–Kier alpha value is -2.54. The first-order chi connectivity index (χ1) is 10.2. The van der Waals surface area contributed by atoms with Crippen molar-refractivity contribution in [2.24, 2.45) is 0 Å². The first-order valence-electron chi connectivity index (χ1n) is 6.39. The number of fused-ring (bicyclic) bond motifs is 1. The third-order valence-electron chi connectivity index (χ3n) is 2.94. The van der Waals surface area contributed by atoms with Gasteiger partial charge < -0.3 is 10.3 Å². The summed E-state index contributed by atoms with van der Waals surface area (Å²) in [6, 6.07) is 7.31. The van der Waals surface area contributed by atoms with Crippen LogP contribution in [-0.2, 0) is 11.2 Å². The van der Waals surface area contributed by atoms with Crippen LogP contribution in [0.25, 0.3) is 11.0 Å². The minimum atomic E-state index is -0.254. The first kappa shape index (κ1) is 13.4. The van der Waals surface area contributed by atoms with Gasteiger partial charge in [0.15, 0.2) is 5.13 Å². The van der Waals surface area contributed by atoms with E-state index in [1.54, 1.807) is 17.6 Å². The zero-order chi connectivity index (χ0) is 14.7. The molecule has 0 saturated carbocycles. The van der Waals surface area contributed by atoms with Gasteiger partial charge in [-0.1, -0.05) is 12.1 Å². The number of aromatic nitrogens is 3. The van der Waals surface area contributed by atoms with Gasteiger partial charge in [0.2, 0.25) is 5.91 Å². The van der Waals surface area contributed by atoms with Gasteiger partial charge in [-0.3, -0.25) is 9.59 Å². The van der Waals surface area contributed by atoms with E-state index in [2.05, 4.69) is 20.3 Å². The van der Waals surface area contributed by atoms with Crippen molar-refractivity contribution in [3.05, 3.63) is 51.9 Å². The van der Waals surface area contributed by atoms with Crippen molar-refractivity contribution < 1.29 is 4.79 Å². The minimum Gasteiger partial charge on any atom is -0.319 e. The highest BCUT2D eigenvalue weighted by atomic mass is 32.1. The fraction of sp³-hybridized carbons (Fsp3) is 0.143. The SMILES string of the molecule is O=C(CCc1nc2ccccc2[nH]c1=O)Nc1nccs1. The van der Waals surface area contributed by atoms with Crippen molar-refractivity contribution in [1.82, 2.24) is 15.0 Å².